The molecule has 2 aromatic heterocycles. The number of carboxylic acids is 1. The number of hydrogen-bond acceptors (Lipinski definition) is 2. The summed E-state index contributed by atoms with van der Waals surface area (Å²) in [7, 11) is 0. The van der Waals surface area contributed by atoms with Gasteiger partial charge in [-0.1, -0.05) is 36.4 Å². The highest BCUT2D eigenvalue weighted by atomic mass is 16.4. The molecule has 0 aliphatic rings. The third-order valence-electron chi connectivity index (χ3n) is 5.32. The highest BCUT2D eigenvalue weighted by Crippen LogP contribution is 2.25. The van der Waals surface area contributed by atoms with E-state index in [1.54, 1.807) is 0 Å². The lowest BCUT2D eigenvalue weighted by Crippen LogP contribution is -2.38. The molecule has 4 rings (SSSR count). The molecule has 28 heavy (non-hydrogen) atoms. The van der Waals surface area contributed by atoms with Crippen LogP contribution in [0.4, 0.5) is 0 Å². The van der Waals surface area contributed by atoms with Crippen LogP contribution in [0, 0.1) is 0 Å². The fourth-order valence-corrected chi connectivity index (χ4v) is 3.85. The van der Waals surface area contributed by atoms with Crippen molar-refractivity contribution in [1.82, 2.24) is 14.9 Å². The number of carbonyl (C=O) groups is 1. The lowest BCUT2D eigenvalue weighted by molar-refractivity contribution is -0.139. The van der Waals surface area contributed by atoms with Crippen molar-refractivity contribution >= 4 is 27.8 Å². The van der Waals surface area contributed by atoms with E-state index in [1.807, 2.05) is 42.6 Å². The van der Waals surface area contributed by atoms with E-state index in [4.69, 9.17) is 0 Å². The molecule has 0 fully saturated rings. The maximum Gasteiger partial charge on any atom is 0.321 e. The molecule has 0 saturated heterocycles. The maximum absolute atomic E-state index is 11.9. The molecule has 5 heteroatoms. The van der Waals surface area contributed by atoms with E-state index in [1.165, 1.54) is 10.9 Å². The molecule has 4 aromatic rings. The van der Waals surface area contributed by atoms with Crippen molar-refractivity contribution in [2.24, 2.45) is 0 Å². The number of nitrogens with zero attached hydrogens (tertiary/aromatic N) is 1. The largest absolute Gasteiger partial charge is 0.480 e. The summed E-state index contributed by atoms with van der Waals surface area (Å²) in [6.07, 6.45) is 4.47. The van der Waals surface area contributed by atoms with Gasteiger partial charge in [0.15, 0.2) is 0 Å². The van der Waals surface area contributed by atoms with E-state index in [0.29, 0.717) is 19.0 Å². The summed E-state index contributed by atoms with van der Waals surface area (Å²) in [6, 6.07) is 15.9. The van der Waals surface area contributed by atoms with Gasteiger partial charge in [0.2, 0.25) is 0 Å². The van der Waals surface area contributed by atoms with Crippen molar-refractivity contribution in [3.63, 3.8) is 0 Å². The average molecular weight is 375 g/mol. The number of fused-ring (bicyclic) bond motifs is 2. The Bertz CT molecular complexity index is 1120. The molecule has 2 aromatic carbocycles. The standard InChI is InChI=1S/C23H25N3O2/c1-15(2)26-14-17(19-8-4-6-10-22(19)26)13-25-21(23(27)28)11-16-12-24-20-9-5-3-7-18(16)20/h3-10,12,14-15,21,24-25H,11,13H2,1-2H3,(H,27,28)/t21-/m0/s1. The summed E-state index contributed by atoms with van der Waals surface area (Å²) >= 11 is 0. The third kappa shape index (κ3) is 3.41. The van der Waals surface area contributed by atoms with Crippen LogP contribution in [0.1, 0.15) is 31.0 Å². The van der Waals surface area contributed by atoms with Crippen molar-refractivity contribution in [3.8, 4) is 0 Å². The lowest BCUT2D eigenvalue weighted by Gasteiger charge is -2.14. The molecule has 0 unspecified atom stereocenters. The van der Waals surface area contributed by atoms with Crippen LogP contribution in [-0.2, 0) is 17.8 Å². The van der Waals surface area contributed by atoms with Crippen LogP contribution in [0.25, 0.3) is 21.8 Å². The van der Waals surface area contributed by atoms with Gasteiger partial charge in [0, 0.05) is 53.2 Å². The minimum Gasteiger partial charge on any atom is -0.480 e. The van der Waals surface area contributed by atoms with Gasteiger partial charge in [-0.15, -0.1) is 0 Å². The minimum absolute atomic E-state index is 0.347. The van der Waals surface area contributed by atoms with Crippen LogP contribution in [0.5, 0.6) is 0 Å². The molecule has 0 bridgehead atoms. The second-order valence-corrected chi connectivity index (χ2v) is 7.51. The number of benzene rings is 2. The number of rotatable bonds is 7. The molecule has 0 amide bonds. The summed E-state index contributed by atoms with van der Waals surface area (Å²) in [5, 5.41) is 15.2. The number of aromatic nitrogens is 2. The molecule has 1 atom stereocenters. The minimum atomic E-state index is -0.835. The van der Waals surface area contributed by atoms with Crippen molar-refractivity contribution in [2.45, 2.75) is 38.9 Å². The summed E-state index contributed by atoms with van der Waals surface area (Å²) < 4.78 is 2.24. The molecule has 144 valence electrons. The van der Waals surface area contributed by atoms with Crippen molar-refractivity contribution in [1.29, 1.82) is 0 Å². The maximum atomic E-state index is 11.9. The van der Waals surface area contributed by atoms with Gasteiger partial charge in [0.05, 0.1) is 0 Å². The average Bonchev–Trinajstić information content (AvgIpc) is 3.26. The van der Waals surface area contributed by atoms with Crippen LogP contribution < -0.4 is 5.32 Å². The zero-order valence-corrected chi connectivity index (χ0v) is 16.1. The Balaban J connectivity index is 1.57. The van der Waals surface area contributed by atoms with E-state index in [9.17, 15) is 9.90 Å². The topological polar surface area (TPSA) is 70.0 Å². The zero-order chi connectivity index (χ0) is 19.7. The smallest absolute Gasteiger partial charge is 0.321 e. The Morgan fingerprint density at radius 3 is 2.54 bits per heavy atom. The Hall–Kier alpha value is -3.05. The molecule has 0 aliphatic carbocycles. The third-order valence-corrected chi connectivity index (χ3v) is 5.32. The Morgan fingerprint density at radius 1 is 1.07 bits per heavy atom. The van der Waals surface area contributed by atoms with Gasteiger partial charge < -0.3 is 14.7 Å². The number of aromatic amines is 1. The highest BCUT2D eigenvalue weighted by Gasteiger charge is 2.20. The molecular weight excluding hydrogens is 350 g/mol. The van der Waals surface area contributed by atoms with Gasteiger partial charge in [0.25, 0.3) is 0 Å². The molecule has 5 nitrogen and oxygen atoms in total. The first-order chi connectivity index (χ1) is 13.5. The Labute approximate surface area is 164 Å². The molecule has 0 saturated carbocycles. The van der Waals surface area contributed by atoms with Crippen molar-refractivity contribution in [2.75, 3.05) is 0 Å². The first kappa shape index (κ1) is 18.3. The Morgan fingerprint density at radius 2 is 1.79 bits per heavy atom. The number of hydrogen-bond donors (Lipinski definition) is 3. The second-order valence-electron chi connectivity index (χ2n) is 7.51. The van der Waals surface area contributed by atoms with Crippen LogP contribution in [0.15, 0.2) is 60.9 Å². The van der Waals surface area contributed by atoms with Crippen LogP contribution in [0.3, 0.4) is 0 Å². The van der Waals surface area contributed by atoms with E-state index in [2.05, 4.69) is 47.0 Å². The van der Waals surface area contributed by atoms with Gasteiger partial charge in [-0.2, -0.15) is 0 Å². The fourth-order valence-electron chi connectivity index (χ4n) is 3.85. The van der Waals surface area contributed by atoms with Crippen molar-refractivity contribution in [3.05, 3.63) is 72.1 Å². The predicted octanol–water partition coefficient (Wildman–Crippen LogP) is 4.49. The van der Waals surface area contributed by atoms with Gasteiger partial charge >= 0.3 is 5.97 Å². The van der Waals surface area contributed by atoms with Crippen molar-refractivity contribution < 1.29 is 9.90 Å². The number of nitrogens with one attached hydrogen (secondary N) is 2. The highest BCUT2D eigenvalue weighted by molar-refractivity contribution is 5.85. The fraction of sp³-hybridized carbons (Fsp3) is 0.261. The van der Waals surface area contributed by atoms with E-state index < -0.39 is 12.0 Å². The van der Waals surface area contributed by atoms with E-state index >= 15 is 0 Å². The van der Waals surface area contributed by atoms with Crippen LogP contribution >= 0.6 is 0 Å². The molecule has 0 spiro atoms. The predicted molar refractivity (Wildman–Crippen MR) is 113 cm³/mol. The van der Waals surface area contributed by atoms with Gasteiger partial charge in [0.1, 0.15) is 6.04 Å². The summed E-state index contributed by atoms with van der Waals surface area (Å²) in [5.41, 5.74) is 4.34. The number of H-pyrrole nitrogens is 1. The normalized spacial score (nSPS) is 12.8. The SMILES string of the molecule is CC(C)n1cc(CN[C@@H](Cc2c[nH]c3ccccc23)C(=O)O)c2ccccc21. The second kappa shape index (κ2) is 7.52. The van der Waals surface area contributed by atoms with E-state index in [0.717, 1.165) is 22.0 Å². The number of carboxylic acid groups (broad SMARTS) is 1. The summed E-state index contributed by atoms with van der Waals surface area (Å²) in [6.45, 7) is 4.82. The zero-order valence-electron chi connectivity index (χ0n) is 16.1. The quantitative estimate of drug-likeness (QED) is 0.446. The first-order valence-electron chi connectivity index (χ1n) is 9.64. The van der Waals surface area contributed by atoms with E-state index in [-0.39, 0.29) is 0 Å². The lowest BCUT2D eigenvalue weighted by atomic mass is 10.0. The van der Waals surface area contributed by atoms with Gasteiger partial charge in [-0.25, -0.2) is 0 Å². The van der Waals surface area contributed by atoms with Crippen LogP contribution in [-0.4, -0.2) is 26.7 Å². The number of para-hydroxylation sites is 2. The number of aliphatic carboxylic acids is 1. The van der Waals surface area contributed by atoms with Gasteiger partial charge in [-0.05, 0) is 37.1 Å². The first-order valence-corrected chi connectivity index (χ1v) is 9.64. The van der Waals surface area contributed by atoms with Crippen LogP contribution in [0.2, 0.25) is 0 Å². The summed E-state index contributed by atoms with van der Waals surface area (Å²) in [5.74, 6) is -0.835. The molecule has 0 radical (unpaired) electrons. The molecular formula is C23H25N3O2. The molecule has 2 heterocycles. The van der Waals surface area contributed by atoms with Gasteiger partial charge in [-0.3, -0.25) is 10.1 Å². The Kier molecular flexibility index (Phi) is 4.92. The molecule has 0 aliphatic heterocycles. The monoisotopic (exact) mass is 375 g/mol. The summed E-state index contributed by atoms with van der Waals surface area (Å²) in [4.78, 5) is 15.1. The molecule has 3 N–H and O–H groups in total.